The third-order valence-electron chi connectivity index (χ3n) is 6.88. The third-order valence-corrected chi connectivity index (χ3v) is 6.88. The summed E-state index contributed by atoms with van der Waals surface area (Å²) in [5.74, 6) is -0.209. The minimum absolute atomic E-state index is 0.0838. The molecule has 0 saturated carbocycles. The van der Waals surface area contributed by atoms with Crippen LogP contribution in [-0.4, -0.2) is 85.8 Å². The summed E-state index contributed by atoms with van der Waals surface area (Å²) in [6.07, 6.45) is -7.71. The number of hydrogen-bond donors (Lipinski definition) is 2. The quantitative estimate of drug-likeness (QED) is 0.261. The minimum atomic E-state index is -4.53. The minimum Gasteiger partial charge on any atom is -0.468 e. The fourth-order valence-electron chi connectivity index (χ4n) is 4.71. The fraction of sp³-hybridized carbons (Fsp3) is 0.370. The molecule has 2 N–H and O–H groups in total. The second kappa shape index (κ2) is 12.0. The highest BCUT2D eigenvalue weighted by atomic mass is 19.4. The molecule has 0 aliphatic carbocycles. The number of ether oxygens (including phenoxy) is 1. The van der Waals surface area contributed by atoms with Gasteiger partial charge in [0.2, 0.25) is 17.7 Å². The molecule has 0 radical (unpaired) electrons. The Hall–Kier alpha value is -4.47. The number of nitrogens with zero attached hydrogens (tertiary/aromatic N) is 6. The van der Waals surface area contributed by atoms with Crippen LogP contribution in [0, 0.1) is 0 Å². The number of halogens is 6. The average molecular weight is 609 g/mol. The summed E-state index contributed by atoms with van der Waals surface area (Å²) in [5, 5.41) is 3.13. The van der Waals surface area contributed by atoms with Crippen LogP contribution in [0.3, 0.4) is 0 Å². The maximum atomic E-state index is 12.6. The number of piperazine rings is 1. The molecule has 1 fully saturated rings. The van der Waals surface area contributed by atoms with Gasteiger partial charge < -0.3 is 19.9 Å². The number of nitrogens with one attached hydrogen (secondary N) is 2. The highest BCUT2D eigenvalue weighted by molar-refractivity contribution is 5.83. The molecule has 1 amide bonds. The number of hydrogen-bond acceptors (Lipinski definition) is 8. The lowest BCUT2D eigenvalue weighted by molar-refractivity contribution is -0.162. The van der Waals surface area contributed by atoms with Crippen molar-refractivity contribution in [3.63, 3.8) is 0 Å². The van der Waals surface area contributed by atoms with Gasteiger partial charge in [0.25, 0.3) is 0 Å². The molecule has 1 aliphatic heterocycles. The highest BCUT2D eigenvalue weighted by Gasteiger charge is 2.35. The number of H-pyrrole nitrogens is 1. The number of aromatic nitrogens is 5. The Morgan fingerprint density at radius 3 is 2.49 bits per heavy atom. The molecule has 10 nitrogen and oxygen atoms in total. The lowest BCUT2D eigenvalue weighted by Crippen LogP contribution is -2.50. The van der Waals surface area contributed by atoms with Crippen LogP contribution < -0.4 is 10.1 Å². The Morgan fingerprint density at radius 1 is 1.00 bits per heavy atom. The van der Waals surface area contributed by atoms with Crippen LogP contribution in [0.5, 0.6) is 5.88 Å². The third kappa shape index (κ3) is 7.88. The molecule has 1 saturated heterocycles. The van der Waals surface area contributed by atoms with Gasteiger partial charge in [-0.05, 0) is 36.8 Å². The predicted molar refractivity (Wildman–Crippen MR) is 143 cm³/mol. The first-order valence-electron chi connectivity index (χ1n) is 13.2. The molecule has 0 unspecified atom stereocenters. The Labute approximate surface area is 241 Å². The molecule has 0 bridgehead atoms. The van der Waals surface area contributed by atoms with E-state index < -0.39 is 31.3 Å². The van der Waals surface area contributed by atoms with E-state index in [9.17, 15) is 31.1 Å². The number of pyridine rings is 1. The van der Waals surface area contributed by atoms with Crippen molar-refractivity contribution in [2.24, 2.45) is 0 Å². The number of carbonyl (C=O) groups is 1. The van der Waals surface area contributed by atoms with Gasteiger partial charge in [-0.3, -0.25) is 9.69 Å². The van der Waals surface area contributed by atoms with Crippen molar-refractivity contribution in [1.82, 2.24) is 34.7 Å². The number of benzene rings is 1. The Balaban J connectivity index is 1.23. The maximum absolute atomic E-state index is 12.6. The SMILES string of the molecule is C[C@H](c1ccnc(Nc2nc3ccc(-c4cc(OCC(F)(F)F)ncn4)cc3[nH]2)c1)N1CCN(C(=O)CC(F)(F)F)CC1. The maximum Gasteiger partial charge on any atom is 0.422 e. The van der Waals surface area contributed by atoms with Crippen LogP contribution in [0.4, 0.5) is 38.1 Å². The number of alkyl halides is 6. The number of imidazole rings is 1. The van der Waals surface area contributed by atoms with Crippen molar-refractivity contribution >= 4 is 28.7 Å². The molecule has 3 aromatic heterocycles. The standard InChI is InChI=1S/C27H26F6N8O2/c1-16(40-6-8-41(9-7-40)24(42)13-26(28,29)30)17-4-5-34-22(11-17)39-25-37-19-3-2-18(10-21(19)38-25)20-12-23(36-15-35-20)43-14-27(31,32)33/h2-5,10-12,15-16H,6-9,13-14H2,1H3,(H2,34,37,38,39)/t16-/m1/s1. The second-order valence-electron chi connectivity index (χ2n) is 9.95. The normalized spacial score (nSPS) is 15.5. The molecule has 1 aromatic carbocycles. The number of amides is 1. The van der Waals surface area contributed by atoms with E-state index in [1.165, 1.54) is 11.0 Å². The first kappa shape index (κ1) is 30.0. The molecule has 228 valence electrons. The van der Waals surface area contributed by atoms with Gasteiger partial charge in [0.15, 0.2) is 6.61 Å². The van der Waals surface area contributed by atoms with Crippen LogP contribution in [0.25, 0.3) is 22.3 Å². The van der Waals surface area contributed by atoms with Crippen LogP contribution in [-0.2, 0) is 4.79 Å². The Bertz CT molecular complexity index is 1580. The number of rotatable bonds is 8. The van der Waals surface area contributed by atoms with Crippen LogP contribution >= 0.6 is 0 Å². The zero-order valence-electron chi connectivity index (χ0n) is 22.7. The Kier molecular flexibility index (Phi) is 8.39. The zero-order valence-corrected chi connectivity index (χ0v) is 22.7. The molecular weight excluding hydrogens is 582 g/mol. The van der Waals surface area contributed by atoms with Crippen molar-refractivity contribution in [2.45, 2.75) is 31.7 Å². The molecule has 1 aliphatic rings. The second-order valence-corrected chi connectivity index (χ2v) is 9.95. The first-order chi connectivity index (χ1) is 20.3. The van der Waals surface area contributed by atoms with E-state index in [2.05, 4.69) is 35.1 Å². The van der Waals surface area contributed by atoms with Crippen molar-refractivity contribution in [1.29, 1.82) is 0 Å². The fourth-order valence-corrected chi connectivity index (χ4v) is 4.71. The molecule has 43 heavy (non-hydrogen) atoms. The molecule has 16 heteroatoms. The topological polar surface area (TPSA) is 112 Å². The van der Waals surface area contributed by atoms with E-state index >= 15 is 0 Å². The molecule has 4 aromatic rings. The summed E-state index contributed by atoms with van der Waals surface area (Å²) in [7, 11) is 0. The van der Waals surface area contributed by atoms with Crippen LogP contribution in [0.15, 0.2) is 48.9 Å². The van der Waals surface area contributed by atoms with Gasteiger partial charge in [-0.25, -0.2) is 19.9 Å². The predicted octanol–water partition coefficient (Wildman–Crippen LogP) is 5.26. The lowest BCUT2D eigenvalue weighted by atomic mass is 10.1. The van der Waals surface area contributed by atoms with E-state index in [0.29, 0.717) is 47.1 Å². The molecular formula is C27H26F6N8O2. The van der Waals surface area contributed by atoms with E-state index in [-0.39, 0.29) is 25.0 Å². The summed E-state index contributed by atoms with van der Waals surface area (Å²) in [6, 6.07) is 10.1. The largest absolute Gasteiger partial charge is 0.468 e. The van der Waals surface area contributed by atoms with Crippen molar-refractivity contribution in [3.05, 3.63) is 54.5 Å². The van der Waals surface area contributed by atoms with Crippen LogP contribution in [0.1, 0.15) is 24.9 Å². The lowest BCUT2D eigenvalue weighted by Gasteiger charge is -2.38. The van der Waals surface area contributed by atoms with Crippen molar-refractivity contribution < 1.29 is 35.9 Å². The Morgan fingerprint density at radius 2 is 1.77 bits per heavy atom. The monoisotopic (exact) mass is 608 g/mol. The van der Waals surface area contributed by atoms with E-state index in [0.717, 1.165) is 11.9 Å². The summed E-state index contributed by atoms with van der Waals surface area (Å²) >= 11 is 0. The average Bonchev–Trinajstić information content (AvgIpc) is 3.36. The van der Waals surface area contributed by atoms with E-state index in [1.54, 1.807) is 24.4 Å². The van der Waals surface area contributed by atoms with E-state index in [4.69, 9.17) is 4.74 Å². The highest BCUT2D eigenvalue weighted by Crippen LogP contribution is 2.28. The molecule has 4 heterocycles. The molecule has 0 spiro atoms. The first-order valence-corrected chi connectivity index (χ1v) is 13.2. The van der Waals surface area contributed by atoms with Gasteiger partial charge in [0.05, 0.1) is 16.7 Å². The van der Waals surface area contributed by atoms with Gasteiger partial charge in [-0.15, -0.1) is 0 Å². The van der Waals surface area contributed by atoms with Gasteiger partial charge in [0, 0.05) is 50.0 Å². The number of aromatic amines is 1. The van der Waals surface area contributed by atoms with Crippen molar-refractivity contribution in [2.75, 3.05) is 38.1 Å². The molecule has 1 atom stereocenters. The molecule has 5 rings (SSSR count). The summed E-state index contributed by atoms with van der Waals surface area (Å²) in [5.41, 5.74) is 3.15. The van der Waals surface area contributed by atoms with Crippen molar-refractivity contribution in [3.8, 4) is 17.1 Å². The number of anilines is 2. The summed E-state index contributed by atoms with van der Waals surface area (Å²) in [4.78, 5) is 35.1. The van der Waals surface area contributed by atoms with Gasteiger partial charge in [0.1, 0.15) is 18.6 Å². The zero-order chi connectivity index (χ0) is 30.8. The number of carbonyl (C=O) groups excluding carboxylic acids is 1. The van der Waals surface area contributed by atoms with Gasteiger partial charge in [-0.1, -0.05) is 6.07 Å². The van der Waals surface area contributed by atoms with Gasteiger partial charge >= 0.3 is 12.4 Å². The number of fused-ring (bicyclic) bond motifs is 1. The summed E-state index contributed by atoms with van der Waals surface area (Å²) in [6.45, 7) is 1.81. The smallest absolute Gasteiger partial charge is 0.422 e. The van der Waals surface area contributed by atoms with Crippen LogP contribution in [0.2, 0.25) is 0 Å². The van der Waals surface area contributed by atoms with Gasteiger partial charge in [-0.2, -0.15) is 26.3 Å². The summed E-state index contributed by atoms with van der Waals surface area (Å²) < 4.78 is 79.9. The van der Waals surface area contributed by atoms with E-state index in [1.807, 2.05) is 19.1 Å².